The van der Waals surface area contributed by atoms with Gasteiger partial charge in [0.15, 0.2) is 0 Å². The van der Waals surface area contributed by atoms with E-state index in [1.807, 2.05) is 6.92 Å². The minimum atomic E-state index is -0.504. The van der Waals surface area contributed by atoms with E-state index in [4.69, 9.17) is 17.3 Å². The number of amides is 1. The molecule has 1 rings (SSSR count). The predicted octanol–water partition coefficient (Wildman–Crippen LogP) is 1.41. The van der Waals surface area contributed by atoms with E-state index < -0.39 is 6.04 Å². The van der Waals surface area contributed by atoms with Crippen LogP contribution in [0, 0.1) is 0 Å². The number of rotatable bonds is 3. The number of halogens is 1. The van der Waals surface area contributed by atoms with Crippen molar-refractivity contribution in [2.24, 2.45) is 5.73 Å². The number of nitrogens with zero attached hydrogens (tertiary/aromatic N) is 1. The van der Waals surface area contributed by atoms with Gasteiger partial charge in [-0.25, -0.2) is 4.98 Å². The molecule has 0 saturated heterocycles. The van der Waals surface area contributed by atoms with Gasteiger partial charge >= 0.3 is 0 Å². The van der Waals surface area contributed by atoms with Crippen LogP contribution in [0.3, 0.4) is 0 Å². The number of pyridine rings is 1. The molecule has 1 aromatic heterocycles. The maximum atomic E-state index is 11.3. The zero-order chi connectivity index (χ0) is 10.6. The monoisotopic (exact) mass is 213 g/mol. The van der Waals surface area contributed by atoms with Crippen molar-refractivity contribution in [3.63, 3.8) is 0 Å². The van der Waals surface area contributed by atoms with Gasteiger partial charge < -0.3 is 11.1 Å². The minimum Gasteiger partial charge on any atom is -0.320 e. The SMILES string of the molecule is CC[C@H](N)C(=O)Nc1cccc(Cl)n1. The van der Waals surface area contributed by atoms with Gasteiger partial charge in [0.2, 0.25) is 5.91 Å². The molecule has 0 unspecified atom stereocenters. The minimum absolute atomic E-state index is 0.248. The maximum absolute atomic E-state index is 11.3. The van der Waals surface area contributed by atoms with E-state index in [1.165, 1.54) is 0 Å². The summed E-state index contributed by atoms with van der Waals surface area (Å²) in [5, 5.41) is 2.91. The molecule has 1 heterocycles. The van der Waals surface area contributed by atoms with Gasteiger partial charge in [-0.05, 0) is 18.6 Å². The first kappa shape index (κ1) is 10.9. The third-order valence-corrected chi connectivity index (χ3v) is 1.95. The molecule has 4 nitrogen and oxygen atoms in total. The topological polar surface area (TPSA) is 68.0 Å². The summed E-state index contributed by atoms with van der Waals surface area (Å²) < 4.78 is 0. The Morgan fingerprint density at radius 3 is 3.00 bits per heavy atom. The molecule has 76 valence electrons. The number of hydrogen-bond donors (Lipinski definition) is 2. The molecule has 0 aromatic carbocycles. The second kappa shape index (κ2) is 4.93. The Hall–Kier alpha value is -1.13. The Morgan fingerprint density at radius 1 is 1.71 bits per heavy atom. The summed E-state index contributed by atoms with van der Waals surface area (Å²) in [6.07, 6.45) is 0.590. The van der Waals surface area contributed by atoms with Crippen LogP contribution in [0.2, 0.25) is 5.15 Å². The number of nitrogens with two attached hydrogens (primary N) is 1. The van der Waals surface area contributed by atoms with Crippen molar-refractivity contribution in [3.8, 4) is 0 Å². The van der Waals surface area contributed by atoms with Gasteiger partial charge in [0.25, 0.3) is 0 Å². The standard InChI is InChI=1S/C9H12ClN3O/c1-2-6(11)9(14)13-8-5-3-4-7(10)12-8/h3-6H,2,11H2,1H3,(H,12,13,14)/t6-/m0/s1. The highest BCUT2D eigenvalue weighted by molar-refractivity contribution is 6.29. The quantitative estimate of drug-likeness (QED) is 0.746. The normalized spacial score (nSPS) is 12.2. The van der Waals surface area contributed by atoms with Crippen molar-refractivity contribution in [2.45, 2.75) is 19.4 Å². The summed E-state index contributed by atoms with van der Waals surface area (Å²) in [6.45, 7) is 1.84. The molecule has 1 amide bonds. The molecule has 0 bridgehead atoms. The van der Waals surface area contributed by atoms with E-state index in [2.05, 4.69) is 10.3 Å². The smallest absolute Gasteiger partial charge is 0.242 e. The summed E-state index contributed by atoms with van der Waals surface area (Å²) >= 11 is 5.65. The van der Waals surface area contributed by atoms with E-state index in [-0.39, 0.29) is 5.91 Å². The number of hydrogen-bond acceptors (Lipinski definition) is 3. The molecule has 0 saturated carbocycles. The van der Waals surface area contributed by atoms with E-state index in [1.54, 1.807) is 18.2 Å². The molecule has 0 spiro atoms. The van der Waals surface area contributed by atoms with Crippen molar-refractivity contribution >= 4 is 23.3 Å². The first-order chi connectivity index (χ1) is 6.63. The van der Waals surface area contributed by atoms with Crippen molar-refractivity contribution in [2.75, 3.05) is 5.32 Å². The first-order valence-corrected chi connectivity index (χ1v) is 4.70. The van der Waals surface area contributed by atoms with Crippen molar-refractivity contribution in [1.29, 1.82) is 0 Å². The lowest BCUT2D eigenvalue weighted by Crippen LogP contribution is -2.35. The van der Waals surface area contributed by atoms with Crippen LogP contribution in [-0.4, -0.2) is 16.9 Å². The van der Waals surface area contributed by atoms with E-state index in [0.717, 1.165) is 0 Å². The molecule has 0 radical (unpaired) electrons. The second-order valence-electron chi connectivity index (χ2n) is 2.85. The fourth-order valence-electron chi connectivity index (χ4n) is 0.882. The molecule has 1 aromatic rings. The largest absolute Gasteiger partial charge is 0.320 e. The molecule has 0 aliphatic carbocycles. The number of anilines is 1. The van der Waals surface area contributed by atoms with E-state index >= 15 is 0 Å². The second-order valence-corrected chi connectivity index (χ2v) is 3.24. The fourth-order valence-corrected chi connectivity index (χ4v) is 1.05. The summed E-state index contributed by atoms with van der Waals surface area (Å²) in [6, 6.07) is 4.50. The zero-order valence-electron chi connectivity index (χ0n) is 7.83. The zero-order valence-corrected chi connectivity index (χ0v) is 8.58. The highest BCUT2D eigenvalue weighted by Crippen LogP contribution is 2.09. The summed E-state index contributed by atoms with van der Waals surface area (Å²) in [5.74, 6) is 0.175. The van der Waals surface area contributed by atoms with Crippen LogP contribution in [0.25, 0.3) is 0 Å². The third-order valence-electron chi connectivity index (χ3n) is 1.74. The average Bonchev–Trinajstić information content (AvgIpc) is 2.16. The predicted molar refractivity (Wildman–Crippen MR) is 56.1 cm³/mol. The van der Waals surface area contributed by atoms with E-state index in [0.29, 0.717) is 17.4 Å². The molecular weight excluding hydrogens is 202 g/mol. The summed E-state index contributed by atoms with van der Waals surface area (Å²) in [4.78, 5) is 15.2. The highest BCUT2D eigenvalue weighted by atomic mass is 35.5. The van der Waals surface area contributed by atoms with Crippen LogP contribution in [0.15, 0.2) is 18.2 Å². The molecule has 0 aliphatic heterocycles. The fraction of sp³-hybridized carbons (Fsp3) is 0.333. The first-order valence-electron chi connectivity index (χ1n) is 4.32. The van der Waals surface area contributed by atoms with Gasteiger partial charge in [0, 0.05) is 0 Å². The van der Waals surface area contributed by atoms with Crippen LogP contribution >= 0.6 is 11.6 Å². The maximum Gasteiger partial charge on any atom is 0.242 e. The molecule has 14 heavy (non-hydrogen) atoms. The molecule has 1 atom stereocenters. The Balaban J connectivity index is 2.65. The molecule has 3 N–H and O–H groups in total. The van der Waals surface area contributed by atoms with Crippen LogP contribution < -0.4 is 11.1 Å². The lowest BCUT2D eigenvalue weighted by atomic mass is 10.2. The number of carbonyl (C=O) groups excluding carboxylic acids is 1. The van der Waals surface area contributed by atoms with Crippen LogP contribution in [0.5, 0.6) is 0 Å². The summed E-state index contributed by atoms with van der Waals surface area (Å²) in [7, 11) is 0. The van der Waals surface area contributed by atoms with Crippen LogP contribution in [0.4, 0.5) is 5.82 Å². The van der Waals surface area contributed by atoms with Gasteiger partial charge in [-0.1, -0.05) is 24.6 Å². The molecule has 5 heteroatoms. The van der Waals surface area contributed by atoms with Gasteiger partial charge in [-0.15, -0.1) is 0 Å². The van der Waals surface area contributed by atoms with Gasteiger partial charge in [-0.2, -0.15) is 0 Å². The lowest BCUT2D eigenvalue weighted by Gasteiger charge is -2.08. The average molecular weight is 214 g/mol. The van der Waals surface area contributed by atoms with Crippen LogP contribution in [-0.2, 0) is 4.79 Å². The Kier molecular flexibility index (Phi) is 3.85. The van der Waals surface area contributed by atoms with Gasteiger partial charge in [-0.3, -0.25) is 4.79 Å². The third kappa shape index (κ3) is 2.97. The summed E-state index contributed by atoms with van der Waals surface area (Å²) in [5.41, 5.74) is 5.53. The molecule has 0 aliphatic rings. The van der Waals surface area contributed by atoms with E-state index in [9.17, 15) is 4.79 Å². The number of nitrogens with one attached hydrogen (secondary N) is 1. The van der Waals surface area contributed by atoms with Crippen molar-refractivity contribution < 1.29 is 4.79 Å². The Morgan fingerprint density at radius 2 is 2.43 bits per heavy atom. The molecule has 0 fully saturated rings. The highest BCUT2D eigenvalue weighted by Gasteiger charge is 2.11. The number of aromatic nitrogens is 1. The Bertz CT molecular complexity index is 330. The molecular formula is C9H12ClN3O. The van der Waals surface area contributed by atoms with Crippen LogP contribution in [0.1, 0.15) is 13.3 Å². The lowest BCUT2D eigenvalue weighted by molar-refractivity contribution is -0.117. The van der Waals surface area contributed by atoms with Crippen molar-refractivity contribution in [3.05, 3.63) is 23.4 Å². The van der Waals surface area contributed by atoms with Gasteiger partial charge in [0.1, 0.15) is 11.0 Å². The van der Waals surface area contributed by atoms with Gasteiger partial charge in [0.05, 0.1) is 6.04 Å². The number of carbonyl (C=O) groups is 1. The van der Waals surface area contributed by atoms with Crippen molar-refractivity contribution in [1.82, 2.24) is 4.98 Å². The Labute approximate surface area is 87.5 Å².